The zero-order valence-corrected chi connectivity index (χ0v) is 7.74. The Morgan fingerprint density at radius 2 is 2.21 bits per heavy atom. The maximum atomic E-state index is 11.8. The minimum atomic E-state index is -1.03. The molecule has 3 nitrogen and oxygen atoms in total. The van der Waals surface area contributed by atoms with Gasteiger partial charge in [-0.05, 0) is 30.9 Å². The summed E-state index contributed by atoms with van der Waals surface area (Å²) in [6.45, 7) is -0.305. The van der Waals surface area contributed by atoms with Crippen LogP contribution in [0.2, 0.25) is 0 Å². The standard InChI is InChI=1S/C10H12FNO2/c11-6-2-1-3-8-4-5-9(10(13)14)12-7-8/h4-5,7H,1-3,6H2,(H,13,14). The van der Waals surface area contributed by atoms with Crippen LogP contribution in [-0.2, 0) is 6.42 Å². The van der Waals surface area contributed by atoms with Gasteiger partial charge >= 0.3 is 5.97 Å². The van der Waals surface area contributed by atoms with E-state index < -0.39 is 5.97 Å². The highest BCUT2D eigenvalue weighted by Crippen LogP contribution is 2.05. The van der Waals surface area contributed by atoms with Crippen molar-refractivity contribution in [3.63, 3.8) is 0 Å². The smallest absolute Gasteiger partial charge is 0.354 e. The molecule has 0 aliphatic heterocycles. The third-order valence-electron chi connectivity index (χ3n) is 1.89. The van der Waals surface area contributed by atoms with Crippen molar-refractivity contribution >= 4 is 5.97 Å². The van der Waals surface area contributed by atoms with Crippen LogP contribution in [-0.4, -0.2) is 22.7 Å². The lowest BCUT2D eigenvalue weighted by Crippen LogP contribution is -2.00. The molecule has 1 rings (SSSR count). The van der Waals surface area contributed by atoms with Gasteiger partial charge in [-0.25, -0.2) is 9.78 Å². The number of pyridine rings is 1. The molecule has 0 unspecified atom stereocenters. The first-order valence-corrected chi connectivity index (χ1v) is 4.48. The number of carboxylic acids is 1. The Bertz CT molecular complexity index is 297. The molecular formula is C10H12FNO2. The normalized spacial score (nSPS) is 10.1. The number of hydrogen-bond donors (Lipinski definition) is 1. The van der Waals surface area contributed by atoms with Crippen molar-refractivity contribution < 1.29 is 14.3 Å². The summed E-state index contributed by atoms with van der Waals surface area (Å²) in [7, 11) is 0. The highest BCUT2D eigenvalue weighted by atomic mass is 19.1. The van der Waals surface area contributed by atoms with Crippen molar-refractivity contribution in [3.05, 3.63) is 29.6 Å². The fraction of sp³-hybridized carbons (Fsp3) is 0.400. The fourth-order valence-electron chi connectivity index (χ4n) is 1.12. The Morgan fingerprint density at radius 3 is 2.71 bits per heavy atom. The maximum absolute atomic E-state index is 11.8. The van der Waals surface area contributed by atoms with Gasteiger partial charge in [0, 0.05) is 6.20 Å². The molecule has 0 aromatic carbocycles. The molecule has 0 saturated heterocycles. The van der Waals surface area contributed by atoms with Gasteiger partial charge in [-0.1, -0.05) is 6.07 Å². The van der Waals surface area contributed by atoms with Crippen molar-refractivity contribution in [2.24, 2.45) is 0 Å². The van der Waals surface area contributed by atoms with Crippen molar-refractivity contribution in [2.75, 3.05) is 6.67 Å². The lowest BCUT2D eigenvalue weighted by molar-refractivity contribution is 0.0690. The Hall–Kier alpha value is -1.45. The number of aromatic nitrogens is 1. The molecule has 4 heteroatoms. The molecule has 0 radical (unpaired) electrons. The van der Waals surface area contributed by atoms with Gasteiger partial charge in [0.25, 0.3) is 0 Å². The van der Waals surface area contributed by atoms with Crippen molar-refractivity contribution in [1.29, 1.82) is 0 Å². The molecule has 1 aromatic rings. The molecule has 0 saturated carbocycles. The molecule has 0 spiro atoms. The molecular weight excluding hydrogens is 185 g/mol. The van der Waals surface area contributed by atoms with Gasteiger partial charge in [0.05, 0.1) is 6.67 Å². The largest absolute Gasteiger partial charge is 0.477 e. The summed E-state index contributed by atoms with van der Waals surface area (Å²) in [4.78, 5) is 14.2. The number of halogens is 1. The van der Waals surface area contributed by atoms with E-state index in [1.54, 1.807) is 6.07 Å². The second kappa shape index (κ2) is 5.32. The van der Waals surface area contributed by atoms with Crippen LogP contribution in [0.5, 0.6) is 0 Å². The highest BCUT2D eigenvalue weighted by molar-refractivity contribution is 5.85. The monoisotopic (exact) mass is 197 g/mol. The molecule has 76 valence electrons. The van der Waals surface area contributed by atoms with E-state index in [1.807, 2.05) is 0 Å². The molecule has 1 heterocycles. The number of carboxylic acid groups (broad SMARTS) is 1. The van der Waals surface area contributed by atoms with Crippen molar-refractivity contribution in [2.45, 2.75) is 19.3 Å². The van der Waals surface area contributed by atoms with Gasteiger partial charge in [-0.15, -0.1) is 0 Å². The number of unbranched alkanes of at least 4 members (excludes halogenated alkanes) is 1. The average molecular weight is 197 g/mol. The zero-order chi connectivity index (χ0) is 10.4. The molecule has 0 bridgehead atoms. The quantitative estimate of drug-likeness (QED) is 0.735. The van der Waals surface area contributed by atoms with Gasteiger partial charge in [-0.2, -0.15) is 0 Å². The van der Waals surface area contributed by atoms with Crippen LogP contribution < -0.4 is 0 Å². The van der Waals surface area contributed by atoms with Crippen molar-refractivity contribution in [1.82, 2.24) is 4.98 Å². The predicted octanol–water partition coefficient (Wildman–Crippen LogP) is 2.07. The van der Waals surface area contributed by atoms with E-state index in [1.165, 1.54) is 12.3 Å². The first kappa shape index (κ1) is 10.6. The van der Waals surface area contributed by atoms with Gasteiger partial charge in [0.1, 0.15) is 5.69 Å². The third kappa shape index (κ3) is 3.12. The van der Waals surface area contributed by atoms with E-state index in [0.717, 1.165) is 18.4 Å². The van der Waals surface area contributed by atoms with Crippen LogP contribution in [0, 0.1) is 0 Å². The lowest BCUT2D eigenvalue weighted by Gasteiger charge is -1.99. The minimum absolute atomic E-state index is 0.0410. The summed E-state index contributed by atoms with van der Waals surface area (Å²) >= 11 is 0. The minimum Gasteiger partial charge on any atom is -0.477 e. The average Bonchev–Trinajstić information content (AvgIpc) is 2.19. The summed E-state index contributed by atoms with van der Waals surface area (Å²) < 4.78 is 11.8. The number of rotatable bonds is 5. The fourth-order valence-corrected chi connectivity index (χ4v) is 1.12. The highest BCUT2D eigenvalue weighted by Gasteiger charge is 2.02. The van der Waals surface area contributed by atoms with Crippen LogP contribution in [0.4, 0.5) is 4.39 Å². The van der Waals surface area contributed by atoms with Gasteiger partial charge < -0.3 is 5.11 Å². The number of alkyl halides is 1. The van der Waals surface area contributed by atoms with Crippen molar-refractivity contribution in [3.8, 4) is 0 Å². The molecule has 0 aliphatic carbocycles. The first-order valence-electron chi connectivity index (χ1n) is 4.48. The Kier molecular flexibility index (Phi) is 4.04. The Morgan fingerprint density at radius 1 is 1.43 bits per heavy atom. The Balaban J connectivity index is 2.51. The van der Waals surface area contributed by atoms with E-state index in [9.17, 15) is 9.18 Å². The van der Waals surface area contributed by atoms with Gasteiger partial charge in [-0.3, -0.25) is 4.39 Å². The predicted molar refractivity (Wildman–Crippen MR) is 50.1 cm³/mol. The number of nitrogens with zero attached hydrogens (tertiary/aromatic N) is 1. The number of aryl methyl sites for hydroxylation is 1. The van der Waals surface area contributed by atoms with E-state index in [2.05, 4.69) is 4.98 Å². The van der Waals surface area contributed by atoms with Crippen LogP contribution >= 0.6 is 0 Å². The summed E-state index contributed by atoms with van der Waals surface area (Å²) in [6, 6.07) is 3.18. The molecule has 0 aliphatic rings. The molecule has 1 N–H and O–H groups in total. The first-order chi connectivity index (χ1) is 6.74. The maximum Gasteiger partial charge on any atom is 0.354 e. The second-order valence-corrected chi connectivity index (χ2v) is 3.00. The van der Waals surface area contributed by atoms with E-state index >= 15 is 0 Å². The van der Waals surface area contributed by atoms with Crippen LogP contribution in [0.1, 0.15) is 28.9 Å². The summed E-state index contributed by atoms with van der Waals surface area (Å²) in [5.41, 5.74) is 0.989. The Labute approximate surface area is 81.6 Å². The van der Waals surface area contributed by atoms with Gasteiger partial charge in [0.2, 0.25) is 0 Å². The van der Waals surface area contributed by atoms with Crippen LogP contribution in [0.15, 0.2) is 18.3 Å². The molecule has 14 heavy (non-hydrogen) atoms. The van der Waals surface area contributed by atoms with Gasteiger partial charge in [0.15, 0.2) is 0 Å². The van der Waals surface area contributed by atoms with E-state index in [-0.39, 0.29) is 12.4 Å². The van der Waals surface area contributed by atoms with Crippen LogP contribution in [0.3, 0.4) is 0 Å². The number of aromatic carboxylic acids is 1. The molecule has 1 aromatic heterocycles. The van der Waals surface area contributed by atoms with E-state index in [4.69, 9.17) is 5.11 Å². The number of carbonyl (C=O) groups is 1. The number of hydrogen-bond acceptors (Lipinski definition) is 2. The summed E-state index contributed by atoms with van der Waals surface area (Å²) in [5, 5.41) is 8.58. The topological polar surface area (TPSA) is 50.2 Å². The second-order valence-electron chi connectivity index (χ2n) is 3.00. The van der Waals surface area contributed by atoms with E-state index in [0.29, 0.717) is 6.42 Å². The SMILES string of the molecule is O=C(O)c1ccc(CCCCF)cn1. The lowest BCUT2D eigenvalue weighted by atomic mass is 10.1. The summed E-state index contributed by atoms with van der Waals surface area (Å²) in [5.74, 6) is -1.03. The molecule has 0 fully saturated rings. The zero-order valence-electron chi connectivity index (χ0n) is 7.74. The summed E-state index contributed by atoms with van der Waals surface area (Å²) in [6.07, 6.45) is 3.59. The third-order valence-corrected chi connectivity index (χ3v) is 1.89. The molecule has 0 amide bonds. The van der Waals surface area contributed by atoms with Crippen LogP contribution in [0.25, 0.3) is 0 Å². The molecule has 0 atom stereocenters.